The molecule has 0 radical (unpaired) electrons. The molecular formula is C66H83O11S+. The zero-order chi connectivity index (χ0) is 54.4. The molecular weight excluding hydrogens is 1000 g/mol. The van der Waals surface area contributed by atoms with E-state index in [1.807, 2.05) is 60.7 Å². The second-order valence-corrected chi connectivity index (χ2v) is 29.8. The van der Waals surface area contributed by atoms with E-state index < -0.39 is 80.3 Å². The number of aliphatic hydroxyl groups is 1. The van der Waals surface area contributed by atoms with Gasteiger partial charge in [0.2, 0.25) is 6.10 Å². The molecule has 3 aromatic rings. The molecule has 0 aromatic heterocycles. The Labute approximate surface area is 464 Å². The Hall–Kier alpha value is -4.68. The fraction of sp³-hybridized carbons (Fsp3) is 0.652. The van der Waals surface area contributed by atoms with Crippen LogP contribution in [0.1, 0.15) is 157 Å². The monoisotopic (exact) mass is 1080 g/mol. The number of carbonyl (C=O) groups excluding carboxylic acids is 5. The molecule has 1 saturated heterocycles. The van der Waals surface area contributed by atoms with E-state index in [0.29, 0.717) is 85.7 Å². The zero-order valence-corrected chi connectivity index (χ0v) is 47.5. The summed E-state index contributed by atoms with van der Waals surface area (Å²) in [6.07, 6.45) is 12.5. The van der Waals surface area contributed by atoms with Crippen molar-refractivity contribution in [3.05, 3.63) is 84.9 Å². The molecule has 3 aromatic carbocycles. The number of fused-ring (bicyclic) bond motifs is 2. The normalized spacial score (nSPS) is 37.1. The molecule has 12 heteroatoms. The van der Waals surface area contributed by atoms with Crippen LogP contribution in [0.5, 0.6) is 5.75 Å². The zero-order valence-electron chi connectivity index (χ0n) is 46.7. The molecule has 11 atom stereocenters. The molecule has 11 aliphatic rings. The van der Waals surface area contributed by atoms with E-state index in [-0.39, 0.29) is 56.0 Å². The average molecular weight is 1080 g/mol. The van der Waals surface area contributed by atoms with E-state index in [1.54, 1.807) is 20.8 Å². The van der Waals surface area contributed by atoms with Crippen LogP contribution in [0.4, 0.5) is 0 Å². The Bertz CT molecular complexity index is 2660. The highest BCUT2D eigenvalue weighted by Gasteiger charge is 2.62. The van der Waals surface area contributed by atoms with Crippen molar-refractivity contribution in [1.82, 2.24) is 0 Å². The minimum atomic E-state index is -1.54. The lowest BCUT2D eigenvalue weighted by atomic mass is 9.50. The quantitative estimate of drug-likeness (QED) is 0.0528. The van der Waals surface area contributed by atoms with E-state index in [9.17, 15) is 14.7 Å². The van der Waals surface area contributed by atoms with Crippen molar-refractivity contribution in [2.45, 2.75) is 194 Å². The Kier molecular flexibility index (Phi) is 14.3. The van der Waals surface area contributed by atoms with E-state index in [0.717, 1.165) is 59.6 Å². The predicted molar refractivity (Wildman–Crippen MR) is 293 cm³/mol. The fourth-order valence-corrected chi connectivity index (χ4v) is 20.8. The molecule has 10 aliphatic carbocycles. The van der Waals surface area contributed by atoms with Crippen molar-refractivity contribution in [3.8, 4) is 5.75 Å². The van der Waals surface area contributed by atoms with Gasteiger partial charge in [-0.2, -0.15) is 0 Å². The van der Waals surface area contributed by atoms with Crippen LogP contribution in [0.2, 0.25) is 0 Å². The van der Waals surface area contributed by atoms with E-state index in [4.69, 9.17) is 23.7 Å². The van der Waals surface area contributed by atoms with Gasteiger partial charge in [0.15, 0.2) is 14.7 Å². The van der Waals surface area contributed by atoms with Gasteiger partial charge in [0.25, 0.3) is 0 Å². The maximum atomic E-state index is 15.7. The smallest absolute Gasteiger partial charge is 0.347 e. The van der Waals surface area contributed by atoms with Crippen molar-refractivity contribution < 1.29 is 52.8 Å². The molecule has 0 spiro atoms. The van der Waals surface area contributed by atoms with Crippen LogP contribution in [0.25, 0.3) is 0 Å². The number of ether oxygens (including phenoxy) is 5. The Morgan fingerprint density at radius 2 is 1.27 bits per heavy atom. The van der Waals surface area contributed by atoms with Gasteiger partial charge in [0.05, 0.1) is 45.8 Å². The van der Waals surface area contributed by atoms with Crippen LogP contribution in [-0.2, 0) is 53.8 Å². The molecule has 1 heterocycles. The number of rotatable bonds is 19. The Morgan fingerprint density at radius 3 is 1.83 bits per heavy atom. The number of hydrogen-bond acceptors (Lipinski definition) is 11. The maximum Gasteiger partial charge on any atom is 0.347 e. The highest BCUT2D eigenvalue weighted by Crippen LogP contribution is 2.62. The molecule has 1 N–H and O–H groups in total. The van der Waals surface area contributed by atoms with E-state index in [2.05, 4.69) is 38.1 Å². The molecule has 14 rings (SSSR count). The van der Waals surface area contributed by atoms with Crippen LogP contribution >= 0.6 is 0 Å². The molecule has 1 aliphatic heterocycles. The van der Waals surface area contributed by atoms with Gasteiger partial charge in [-0.25, -0.2) is 4.79 Å². The molecule has 10 saturated carbocycles. The summed E-state index contributed by atoms with van der Waals surface area (Å²) in [5.74, 6) is 0.318. The van der Waals surface area contributed by atoms with Gasteiger partial charge in [-0.3, -0.25) is 19.2 Å². The van der Waals surface area contributed by atoms with Gasteiger partial charge in [0, 0.05) is 12.8 Å². The summed E-state index contributed by atoms with van der Waals surface area (Å²) >= 11 is 0. The van der Waals surface area contributed by atoms with Gasteiger partial charge < -0.3 is 28.8 Å². The third-order valence-corrected chi connectivity index (χ3v) is 24.0. The van der Waals surface area contributed by atoms with Crippen LogP contribution < -0.4 is 4.74 Å². The third-order valence-electron chi connectivity index (χ3n) is 21.8. The summed E-state index contributed by atoms with van der Waals surface area (Å²) in [6, 6.07) is 28.3. The van der Waals surface area contributed by atoms with Crippen molar-refractivity contribution in [2.24, 2.45) is 81.8 Å². The summed E-state index contributed by atoms with van der Waals surface area (Å²) in [6.45, 7) is 9.94. The summed E-state index contributed by atoms with van der Waals surface area (Å²) in [5, 5.41) is 11.9. The average Bonchev–Trinajstić information content (AvgIpc) is 4.16. The Balaban J connectivity index is 0.859. The highest BCUT2D eigenvalue weighted by molar-refractivity contribution is 7.97. The summed E-state index contributed by atoms with van der Waals surface area (Å²) in [4.78, 5) is 77.7. The van der Waals surface area contributed by atoms with Gasteiger partial charge in [-0.15, -0.1) is 0 Å². The van der Waals surface area contributed by atoms with Crippen molar-refractivity contribution in [2.75, 3.05) is 6.61 Å². The second kappa shape index (κ2) is 20.7. The molecule has 418 valence electrons. The van der Waals surface area contributed by atoms with Crippen molar-refractivity contribution >= 4 is 40.7 Å². The second-order valence-electron chi connectivity index (χ2n) is 27.7. The van der Waals surface area contributed by atoms with E-state index in [1.165, 1.54) is 12.8 Å². The molecule has 0 amide bonds. The van der Waals surface area contributed by atoms with Crippen LogP contribution in [0.3, 0.4) is 0 Å². The summed E-state index contributed by atoms with van der Waals surface area (Å²) in [7, 11) is -0.406. The fourth-order valence-electron chi connectivity index (χ4n) is 18.7. The van der Waals surface area contributed by atoms with Crippen molar-refractivity contribution in [3.63, 3.8) is 0 Å². The molecule has 11 unspecified atom stereocenters. The number of hydrogen-bond donors (Lipinski definition) is 1. The van der Waals surface area contributed by atoms with Gasteiger partial charge in [-0.1, -0.05) is 50.2 Å². The van der Waals surface area contributed by atoms with E-state index >= 15 is 14.4 Å². The number of esters is 5. The molecule has 11 nitrogen and oxygen atoms in total. The van der Waals surface area contributed by atoms with Gasteiger partial charge >= 0.3 is 29.8 Å². The highest BCUT2D eigenvalue weighted by atomic mass is 32.2. The standard InChI is InChI=1S/C66H83O11S/c1-40(57(67)74-51-18-20-54(21-19-51)78(52-12-8-6-9-13-52)53-14-10-7-11-15-53)32-62(3,61(71)77-66-35-44-25-45(36-66)34-65(72,33-44)39-66)38-63(4,60(70)75-56-22-23-73-59(56)69)37-48(31-55-41(2)46-16-17-47(55)30-46)58(68)76-64(5)49-26-42-24-43(28-49)29-50(64)27-42/h6-15,18-21,40-50,55-56,72H,16-17,22-39H2,1-5H3/q+1. The van der Waals surface area contributed by atoms with Crippen molar-refractivity contribution in [1.29, 1.82) is 0 Å². The lowest BCUT2D eigenvalue weighted by Crippen LogP contribution is -2.61. The van der Waals surface area contributed by atoms with Crippen LogP contribution in [0.15, 0.2) is 99.6 Å². The molecule has 10 bridgehead atoms. The SMILES string of the molecule is CC(CC(C)(CC(C)(CC(CC1C2CCC(C2)C1C)C(=O)OC1(C)C2CC3CC(C2)CC1C3)C(=O)OC1CCOC1=O)C(=O)OC12CC3CC(CC(O)(C3)C1)C2)C(=O)Oc1ccc([S+](c2ccccc2)c2ccccc2)cc1. The minimum Gasteiger partial charge on any atom is -0.463 e. The van der Waals surface area contributed by atoms with Gasteiger partial charge in [-0.05, 0) is 238 Å². The predicted octanol–water partition coefficient (Wildman–Crippen LogP) is 12.4. The number of benzene rings is 3. The van der Waals surface area contributed by atoms with Gasteiger partial charge in [0.1, 0.15) is 17.0 Å². The minimum absolute atomic E-state index is 0.0282. The largest absolute Gasteiger partial charge is 0.463 e. The third kappa shape index (κ3) is 10.4. The first-order valence-electron chi connectivity index (χ1n) is 30.0. The first kappa shape index (κ1) is 53.9. The van der Waals surface area contributed by atoms with Crippen LogP contribution in [-0.4, -0.2) is 64.5 Å². The molecule has 78 heavy (non-hydrogen) atoms. The first-order chi connectivity index (χ1) is 37.3. The maximum absolute atomic E-state index is 15.7. The lowest BCUT2D eigenvalue weighted by molar-refractivity contribution is -0.227. The Morgan fingerprint density at radius 1 is 0.692 bits per heavy atom. The topological polar surface area (TPSA) is 152 Å². The first-order valence-corrected chi connectivity index (χ1v) is 31.2. The molecule has 11 fully saturated rings. The lowest BCUT2D eigenvalue weighted by Gasteiger charge is -2.59. The summed E-state index contributed by atoms with van der Waals surface area (Å²) < 4.78 is 31.6. The number of carbonyl (C=O) groups is 5. The number of cyclic esters (lactones) is 1. The van der Waals surface area contributed by atoms with Crippen LogP contribution in [0, 0.1) is 81.8 Å². The summed E-state index contributed by atoms with van der Waals surface area (Å²) in [5.41, 5.74) is -5.46.